The Morgan fingerprint density at radius 2 is 1.07 bits per heavy atom. The highest BCUT2D eigenvalue weighted by Gasteiger charge is 2.35. The van der Waals surface area contributed by atoms with Crippen LogP contribution < -0.4 is 5.32 Å². The van der Waals surface area contributed by atoms with Crippen molar-refractivity contribution in [3.05, 3.63) is 0 Å². The van der Waals surface area contributed by atoms with E-state index in [1.54, 1.807) is 58.9 Å². The van der Waals surface area contributed by atoms with Gasteiger partial charge < -0.3 is 35.1 Å². The monoisotopic (exact) mass is 804 g/mol. The third-order valence-corrected chi connectivity index (χ3v) is 6.65. The lowest BCUT2D eigenvalue weighted by Crippen LogP contribution is -2.52. The van der Waals surface area contributed by atoms with E-state index < -0.39 is 52.6 Å². The molecule has 2 aliphatic heterocycles. The molecule has 0 bridgehead atoms. The topological polar surface area (TPSA) is 267 Å². The van der Waals surface area contributed by atoms with Gasteiger partial charge in [0.1, 0.15) is 11.1 Å². The predicted octanol–water partition coefficient (Wildman–Crippen LogP) is 1.20. The SMILES string of the molecule is C.C.C.C.CN(C)CC(=O)N(C)C(C)(C)C(=O)O.CN(C)CC(=O)ON1C(=O)CCC1=O.CN(C)CCOO.CNC(C)(C)C(=O)O.O=C1CCC(=O)N1O. The van der Waals surface area contributed by atoms with Crippen LogP contribution in [0.3, 0.4) is 0 Å². The smallest absolute Gasteiger partial charge is 0.347 e. The number of nitrogens with zero attached hydrogens (tertiary/aromatic N) is 6. The molecule has 2 aliphatic rings. The lowest BCUT2D eigenvalue weighted by Gasteiger charge is -2.32. The molecule has 0 spiro atoms. The van der Waals surface area contributed by atoms with Crippen molar-refractivity contribution in [3.8, 4) is 0 Å². The molecule has 2 fully saturated rings. The summed E-state index contributed by atoms with van der Waals surface area (Å²) < 4.78 is 0. The highest BCUT2D eigenvalue weighted by molar-refractivity contribution is 6.01. The lowest BCUT2D eigenvalue weighted by molar-refractivity contribution is -0.243. The third kappa shape index (κ3) is 28.9. The molecule has 5 amide bonds. The minimum Gasteiger partial charge on any atom is -0.480 e. The van der Waals surface area contributed by atoms with Crippen LogP contribution >= 0.6 is 0 Å². The molecule has 55 heavy (non-hydrogen) atoms. The van der Waals surface area contributed by atoms with Gasteiger partial charge in [-0.1, -0.05) is 29.7 Å². The van der Waals surface area contributed by atoms with Crippen LogP contribution in [0, 0.1) is 0 Å². The normalized spacial score (nSPS) is 13.1. The van der Waals surface area contributed by atoms with Gasteiger partial charge in [0.2, 0.25) is 5.91 Å². The second-order valence-corrected chi connectivity index (χ2v) is 12.8. The maximum atomic E-state index is 11.5. The van der Waals surface area contributed by atoms with Crippen LogP contribution in [-0.4, -0.2) is 192 Å². The number of carbonyl (C=O) groups is 8. The molecule has 0 aromatic heterocycles. The molecule has 21 heteroatoms. The Balaban J connectivity index is -0.000000106. The zero-order valence-corrected chi connectivity index (χ0v) is 31.7. The summed E-state index contributed by atoms with van der Waals surface area (Å²) in [6, 6.07) is 0. The van der Waals surface area contributed by atoms with Gasteiger partial charge >= 0.3 is 17.9 Å². The summed E-state index contributed by atoms with van der Waals surface area (Å²) in [5, 5.41) is 36.8. The molecule has 2 saturated heterocycles. The van der Waals surface area contributed by atoms with Gasteiger partial charge in [-0.05, 0) is 77.0 Å². The Hall–Kier alpha value is -4.12. The van der Waals surface area contributed by atoms with Crippen LogP contribution in [0.25, 0.3) is 0 Å². The number of nitrogens with one attached hydrogen (secondary N) is 1. The van der Waals surface area contributed by atoms with Gasteiger partial charge in [-0.3, -0.25) is 44.1 Å². The molecule has 0 aliphatic carbocycles. The first kappa shape index (κ1) is 65.7. The highest BCUT2D eigenvalue weighted by atomic mass is 17.1. The minimum atomic E-state index is -1.16. The maximum Gasteiger partial charge on any atom is 0.347 e. The zero-order valence-electron chi connectivity index (χ0n) is 31.7. The zero-order chi connectivity index (χ0) is 40.9. The average molecular weight is 804 g/mol. The fraction of sp³-hybridized carbons (Fsp3) is 0.765. The van der Waals surface area contributed by atoms with Crippen molar-refractivity contribution in [1.82, 2.24) is 35.0 Å². The number of rotatable bonds is 12. The van der Waals surface area contributed by atoms with E-state index >= 15 is 0 Å². The molecule has 328 valence electrons. The quantitative estimate of drug-likeness (QED) is 0.0803. The van der Waals surface area contributed by atoms with E-state index in [4.69, 9.17) is 20.7 Å². The Bertz CT molecular complexity index is 1150. The summed E-state index contributed by atoms with van der Waals surface area (Å²) in [6.07, 6.45) is 0.535. The molecular weight excluding hydrogens is 730 g/mol. The summed E-state index contributed by atoms with van der Waals surface area (Å²) in [5.41, 5.74) is -1.95. The Morgan fingerprint density at radius 3 is 1.29 bits per heavy atom. The second-order valence-electron chi connectivity index (χ2n) is 12.8. The second kappa shape index (κ2) is 32.2. The van der Waals surface area contributed by atoms with E-state index in [1.165, 1.54) is 25.8 Å². The molecule has 21 nitrogen and oxygen atoms in total. The van der Waals surface area contributed by atoms with Crippen molar-refractivity contribution in [3.63, 3.8) is 0 Å². The first-order valence-corrected chi connectivity index (χ1v) is 15.4. The number of hydrogen-bond acceptors (Lipinski definition) is 16. The maximum absolute atomic E-state index is 11.5. The van der Waals surface area contributed by atoms with Crippen molar-refractivity contribution < 1.29 is 68.8 Å². The van der Waals surface area contributed by atoms with E-state index in [-0.39, 0.29) is 79.4 Å². The number of hydrogen-bond donors (Lipinski definition) is 5. The summed E-state index contributed by atoms with van der Waals surface area (Å²) in [5.74, 6) is -4.58. The van der Waals surface area contributed by atoms with Gasteiger partial charge in [0.15, 0.2) is 0 Å². The van der Waals surface area contributed by atoms with Crippen molar-refractivity contribution in [1.29, 1.82) is 0 Å². The molecule has 0 atom stereocenters. The Kier molecular flexibility index (Phi) is 38.4. The average Bonchev–Trinajstić information content (AvgIpc) is 3.49. The molecular formula is C34H73N7O14. The minimum absolute atomic E-state index is 0. The van der Waals surface area contributed by atoms with E-state index in [0.29, 0.717) is 11.7 Å². The van der Waals surface area contributed by atoms with E-state index in [9.17, 15) is 38.4 Å². The van der Waals surface area contributed by atoms with Crippen molar-refractivity contribution in [2.75, 3.05) is 82.6 Å². The van der Waals surface area contributed by atoms with E-state index in [2.05, 4.69) is 15.0 Å². The van der Waals surface area contributed by atoms with Crippen LogP contribution in [0.5, 0.6) is 0 Å². The predicted molar refractivity (Wildman–Crippen MR) is 206 cm³/mol. The van der Waals surface area contributed by atoms with Crippen LogP contribution in [0.1, 0.15) is 83.1 Å². The molecule has 0 unspecified atom stereocenters. The van der Waals surface area contributed by atoms with Gasteiger partial charge in [0, 0.05) is 39.3 Å². The van der Waals surface area contributed by atoms with Crippen molar-refractivity contribution in [2.45, 2.75) is 94.2 Å². The van der Waals surface area contributed by atoms with Crippen LogP contribution in [-0.2, 0) is 48.1 Å². The third-order valence-electron chi connectivity index (χ3n) is 6.65. The fourth-order valence-corrected chi connectivity index (χ4v) is 2.77. The highest BCUT2D eigenvalue weighted by Crippen LogP contribution is 2.13. The Morgan fingerprint density at radius 1 is 0.691 bits per heavy atom. The number of likely N-dealkylation sites (N-methyl/N-ethyl adjacent to an activating group) is 5. The first-order chi connectivity index (χ1) is 23.2. The van der Waals surface area contributed by atoms with Crippen molar-refractivity contribution >= 4 is 47.4 Å². The van der Waals surface area contributed by atoms with Crippen LogP contribution in [0.15, 0.2) is 0 Å². The van der Waals surface area contributed by atoms with Crippen molar-refractivity contribution in [2.24, 2.45) is 0 Å². The number of carboxylic acids is 2. The van der Waals surface area contributed by atoms with Gasteiger partial charge in [0.05, 0.1) is 19.7 Å². The number of imide groups is 2. The summed E-state index contributed by atoms with van der Waals surface area (Å²) in [4.78, 5) is 101. The molecule has 0 aromatic carbocycles. The molecule has 5 N–H and O–H groups in total. The molecule has 0 aromatic rings. The summed E-state index contributed by atoms with van der Waals surface area (Å²) in [6.45, 7) is 7.62. The van der Waals surface area contributed by atoms with E-state index in [1.807, 2.05) is 19.0 Å². The van der Waals surface area contributed by atoms with E-state index in [0.717, 1.165) is 6.54 Å². The number of carbonyl (C=O) groups excluding carboxylic acids is 6. The number of aliphatic carboxylic acids is 2. The van der Waals surface area contributed by atoms with Crippen LogP contribution in [0.4, 0.5) is 0 Å². The number of carboxylic acid groups (broad SMARTS) is 2. The van der Waals surface area contributed by atoms with Gasteiger partial charge in [0.25, 0.3) is 23.6 Å². The molecule has 0 radical (unpaired) electrons. The molecule has 0 saturated carbocycles. The summed E-state index contributed by atoms with van der Waals surface area (Å²) >= 11 is 0. The van der Waals surface area contributed by atoms with Gasteiger partial charge in [-0.15, -0.1) is 5.06 Å². The fourth-order valence-electron chi connectivity index (χ4n) is 2.77. The van der Waals surface area contributed by atoms with Gasteiger partial charge in [-0.25, -0.2) is 14.5 Å². The van der Waals surface area contributed by atoms with Gasteiger partial charge in [-0.2, -0.15) is 5.06 Å². The number of amides is 5. The summed E-state index contributed by atoms with van der Waals surface area (Å²) in [7, 11) is 13.9. The first-order valence-electron chi connectivity index (χ1n) is 15.4. The Labute approximate surface area is 327 Å². The largest absolute Gasteiger partial charge is 0.480 e. The number of hydroxylamine groups is 4. The lowest BCUT2D eigenvalue weighted by atomic mass is 10.0. The molecule has 2 heterocycles. The standard InChI is InChI=1S/C9H18N2O3.C8H12N2O4.C5H11NO2.C4H5NO3.C4H11NO2.4CH4/c1-9(2,8(13)14)11(5)7(12)6-10(3)4;1-9(2)5-8(13)14-10-6(11)3-4-7(10)12;1-5(2,6-3)4(7)8;6-3-1-2-4(7)5(3)8;1-5(2)3-4-7-6;;;;/h6H2,1-5H3,(H,13,14);3-5H2,1-2H3;6H,1-3H3,(H,7,8);8H,1-2H2;6H,3-4H2,1-2H3;4*1H4. The van der Waals surface area contributed by atoms with Crippen LogP contribution in [0.2, 0.25) is 0 Å². The molecule has 2 rings (SSSR count).